The summed E-state index contributed by atoms with van der Waals surface area (Å²) < 4.78 is 6.30. The van der Waals surface area contributed by atoms with Gasteiger partial charge < -0.3 is 10.5 Å². The Morgan fingerprint density at radius 1 is 1.40 bits per heavy atom. The summed E-state index contributed by atoms with van der Waals surface area (Å²) in [6, 6.07) is 6.06. The Labute approximate surface area is 121 Å². The minimum Gasteiger partial charge on any atom is -0.397 e. The molecule has 1 fully saturated rings. The van der Waals surface area contributed by atoms with Crippen molar-refractivity contribution in [3.63, 3.8) is 0 Å². The second-order valence-corrected chi connectivity index (χ2v) is 5.94. The standard InChI is InChI=1S/C14H17N3O2S/c1-9-2-3-11-10(8-9)12(15)13(20-11)14(18)16-17-4-6-19-7-5-17/h2-3,8H,4-7,15H2,1H3,(H,16,18). The van der Waals surface area contributed by atoms with Crippen molar-refractivity contribution in [2.75, 3.05) is 32.0 Å². The van der Waals surface area contributed by atoms with Crippen molar-refractivity contribution in [2.24, 2.45) is 0 Å². The van der Waals surface area contributed by atoms with Crippen LogP contribution in [0.3, 0.4) is 0 Å². The van der Waals surface area contributed by atoms with Crippen LogP contribution in [0.4, 0.5) is 5.69 Å². The van der Waals surface area contributed by atoms with E-state index in [-0.39, 0.29) is 5.91 Å². The zero-order valence-corrected chi connectivity index (χ0v) is 12.1. The third-order valence-electron chi connectivity index (χ3n) is 3.36. The lowest BCUT2D eigenvalue weighted by molar-refractivity contribution is 0.0128. The Kier molecular flexibility index (Phi) is 3.60. The molecule has 3 N–H and O–H groups in total. The Morgan fingerprint density at radius 3 is 2.90 bits per heavy atom. The predicted octanol–water partition coefficient (Wildman–Crippen LogP) is 1.77. The minimum atomic E-state index is -0.136. The van der Waals surface area contributed by atoms with Crippen molar-refractivity contribution in [1.29, 1.82) is 0 Å². The summed E-state index contributed by atoms with van der Waals surface area (Å²) in [5.41, 5.74) is 10.7. The molecular formula is C14H17N3O2S. The number of thiophene rings is 1. The number of anilines is 1. The smallest absolute Gasteiger partial charge is 0.277 e. The molecular weight excluding hydrogens is 274 g/mol. The number of nitrogens with two attached hydrogens (primary N) is 1. The maximum absolute atomic E-state index is 12.3. The first-order valence-corrected chi connectivity index (χ1v) is 7.39. The summed E-state index contributed by atoms with van der Waals surface area (Å²) in [4.78, 5) is 12.9. The lowest BCUT2D eigenvalue weighted by Crippen LogP contribution is -2.48. The van der Waals surface area contributed by atoms with Gasteiger partial charge in [-0.2, -0.15) is 0 Å². The SMILES string of the molecule is Cc1ccc2sc(C(=O)NN3CCOCC3)c(N)c2c1. The van der Waals surface area contributed by atoms with E-state index in [1.807, 2.05) is 30.1 Å². The number of ether oxygens (including phenoxy) is 1. The number of morpholine rings is 1. The van der Waals surface area contributed by atoms with E-state index in [1.54, 1.807) is 0 Å². The average Bonchev–Trinajstić information content (AvgIpc) is 2.77. The van der Waals surface area contributed by atoms with Gasteiger partial charge in [-0.3, -0.25) is 10.2 Å². The van der Waals surface area contributed by atoms with Crippen molar-refractivity contribution in [3.8, 4) is 0 Å². The molecule has 3 rings (SSSR count). The molecule has 20 heavy (non-hydrogen) atoms. The second kappa shape index (κ2) is 5.40. The number of aryl methyl sites for hydroxylation is 1. The van der Waals surface area contributed by atoms with Gasteiger partial charge in [0.05, 0.1) is 18.9 Å². The zero-order valence-electron chi connectivity index (χ0n) is 11.3. The van der Waals surface area contributed by atoms with Gasteiger partial charge >= 0.3 is 0 Å². The Morgan fingerprint density at radius 2 is 2.15 bits per heavy atom. The van der Waals surface area contributed by atoms with Crippen LogP contribution < -0.4 is 11.2 Å². The van der Waals surface area contributed by atoms with Crippen LogP contribution in [0.2, 0.25) is 0 Å². The van der Waals surface area contributed by atoms with Crippen LogP contribution >= 0.6 is 11.3 Å². The number of carbonyl (C=O) groups is 1. The number of rotatable bonds is 2. The summed E-state index contributed by atoms with van der Waals surface area (Å²) in [5, 5.41) is 2.84. The molecule has 0 spiro atoms. The molecule has 2 heterocycles. The van der Waals surface area contributed by atoms with Crippen LogP contribution in [0.5, 0.6) is 0 Å². The van der Waals surface area contributed by atoms with Gasteiger partial charge in [-0.25, -0.2) is 5.01 Å². The van der Waals surface area contributed by atoms with Gasteiger partial charge in [0.15, 0.2) is 0 Å². The van der Waals surface area contributed by atoms with E-state index in [0.29, 0.717) is 36.9 Å². The van der Waals surface area contributed by atoms with Crippen LogP contribution in [0.1, 0.15) is 15.2 Å². The van der Waals surface area contributed by atoms with Crippen molar-refractivity contribution >= 4 is 33.0 Å². The van der Waals surface area contributed by atoms with Gasteiger partial charge in [-0.05, 0) is 19.1 Å². The first-order valence-electron chi connectivity index (χ1n) is 6.57. The van der Waals surface area contributed by atoms with Gasteiger partial charge in [-0.1, -0.05) is 11.6 Å². The van der Waals surface area contributed by atoms with Crippen LogP contribution in [-0.2, 0) is 4.74 Å². The van der Waals surface area contributed by atoms with Gasteiger partial charge in [0, 0.05) is 23.2 Å². The first kappa shape index (κ1) is 13.4. The van der Waals surface area contributed by atoms with Crippen LogP contribution in [0.15, 0.2) is 18.2 Å². The normalized spacial score (nSPS) is 16.4. The maximum Gasteiger partial charge on any atom is 0.277 e. The summed E-state index contributed by atoms with van der Waals surface area (Å²) in [6.45, 7) is 4.71. The van der Waals surface area contributed by atoms with Gasteiger partial charge in [0.2, 0.25) is 0 Å². The molecule has 1 amide bonds. The van der Waals surface area contributed by atoms with E-state index >= 15 is 0 Å². The summed E-state index contributed by atoms with van der Waals surface area (Å²) in [7, 11) is 0. The van der Waals surface area contributed by atoms with Crippen LogP contribution in [-0.4, -0.2) is 37.2 Å². The molecule has 1 aromatic carbocycles. The highest BCUT2D eigenvalue weighted by atomic mass is 32.1. The Bertz CT molecular complexity index is 647. The average molecular weight is 291 g/mol. The number of nitrogens with zero attached hydrogens (tertiary/aromatic N) is 1. The number of fused-ring (bicyclic) bond motifs is 1. The first-order chi connectivity index (χ1) is 9.65. The molecule has 106 valence electrons. The van der Waals surface area contributed by atoms with E-state index in [4.69, 9.17) is 10.5 Å². The molecule has 1 aliphatic heterocycles. The molecule has 1 aliphatic rings. The third-order valence-corrected chi connectivity index (χ3v) is 4.54. The van der Waals surface area contributed by atoms with Crippen molar-refractivity contribution in [2.45, 2.75) is 6.92 Å². The number of hydrazine groups is 1. The van der Waals surface area contributed by atoms with E-state index in [2.05, 4.69) is 5.43 Å². The molecule has 1 aromatic heterocycles. The highest BCUT2D eigenvalue weighted by Gasteiger charge is 2.19. The van der Waals surface area contributed by atoms with Gasteiger partial charge in [0.25, 0.3) is 5.91 Å². The Balaban J connectivity index is 1.85. The van der Waals surface area contributed by atoms with Crippen molar-refractivity contribution < 1.29 is 9.53 Å². The fourth-order valence-corrected chi connectivity index (χ4v) is 3.26. The minimum absolute atomic E-state index is 0.136. The van der Waals surface area contributed by atoms with Crippen molar-refractivity contribution in [1.82, 2.24) is 10.4 Å². The van der Waals surface area contributed by atoms with E-state index in [9.17, 15) is 4.79 Å². The van der Waals surface area contributed by atoms with Crippen molar-refractivity contribution in [3.05, 3.63) is 28.6 Å². The van der Waals surface area contributed by atoms with E-state index in [1.165, 1.54) is 11.3 Å². The van der Waals surface area contributed by atoms with Gasteiger partial charge in [-0.15, -0.1) is 11.3 Å². The number of carbonyl (C=O) groups excluding carboxylic acids is 1. The number of nitrogens with one attached hydrogen (secondary N) is 1. The topological polar surface area (TPSA) is 67.6 Å². The highest BCUT2D eigenvalue weighted by Crippen LogP contribution is 2.34. The summed E-state index contributed by atoms with van der Waals surface area (Å²) in [5.74, 6) is -0.136. The molecule has 0 saturated carbocycles. The summed E-state index contributed by atoms with van der Waals surface area (Å²) in [6.07, 6.45) is 0. The quantitative estimate of drug-likeness (QED) is 0.885. The van der Waals surface area contributed by atoms with Crippen LogP contribution in [0, 0.1) is 6.92 Å². The molecule has 0 atom stereocenters. The maximum atomic E-state index is 12.3. The predicted molar refractivity (Wildman–Crippen MR) is 80.8 cm³/mol. The number of hydrogen-bond acceptors (Lipinski definition) is 5. The number of amides is 1. The Hall–Kier alpha value is -1.63. The van der Waals surface area contributed by atoms with E-state index in [0.717, 1.165) is 15.6 Å². The van der Waals surface area contributed by atoms with Gasteiger partial charge in [0.1, 0.15) is 4.88 Å². The molecule has 0 bridgehead atoms. The highest BCUT2D eigenvalue weighted by molar-refractivity contribution is 7.21. The molecule has 0 aliphatic carbocycles. The zero-order chi connectivity index (χ0) is 14.1. The molecule has 5 nitrogen and oxygen atoms in total. The lowest BCUT2D eigenvalue weighted by atomic mass is 10.1. The molecule has 6 heteroatoms. The largest absolute Gasteiger partial charge is 0.397 e. The monoisotopic (exact) mass is 291 g/mol. The number of benzene rings is 1. The van der Waals surface area contributed by atoms with E-state index < -0.39 is 0 Å². The lowest BCUT2D eigenvalue weighted by Gasteiger charge is -2.26. The third kappa shape index (κ3) is 2.49. The molecule has 1 saturated heterocycles. The van der Waals surface area contributed by atoms with Crippen LogP contribution in [0.25, 0.3) is 10.1 Å². The number of nitrogen functional groups attached to an aromatic ring is 1. The molecule has 2 aromatic rings. The fraction of sp³-hybridized carbons (Fsp3) is 0.357. The number of hydrogen-bond donors (Lipinski definition) is 2. The summed E-state index contributed by atoms with van der Waals surface area (Å²) >= 11 is 1.43. The second-order valence-electron chi connectivity index (χ2n) is 4.88. The fourth-order valence-electron chi connectivity index (χ4n) is 2.27. The molecule has 0 radical (unpaired) electrons. The molecule has 0 unspecified atom stereocenters.